The lowest BCUT2D eigenvalue weighted by Gasteiger charge is -2.16. The Kier molecular flexibility index (Phi) is 6.90. The molecule has 0 aliphatic heterocycles. The zero-order valence-electron chi connectivity index (χ0n) is 13.7. The second-order valence-electron chi connectivity index (χ2n) is 5.08. The summed E-state index contributed by atoms with van der Waals surface area (Å²) in [5.41, 5.74) is -0.276. The first-order valence-electron chi connectivity index (χ1n) is 7.46. The first kappa shape index (κ1) is 19.6. The Morgan fingerprint density at radius 2 is 1.85 bits per heavy atom. The zero-order valence-corrected chi connectivity index (χ0v) is 15.3. The second-order valence-corrected chi connectivity index (χ2v) is 5.88. The molecule has 7 nitrogen and oxygen atoms in total. The molecule has 0 saturated heterocycles. The second kappa shape index (κ2) is 9.14. The number of ether oxygens (including phenoxy) is 3. The van der Waals surface area contributed by atoms with Gasteiger partial charge in [-0.1, -0.05) is 15.9 Å². The Morgan fingerprint density at radius 3 is 2.42 bits per heavy atom. The van der Waals surface area contributed by atoms with Crippen LogP contribution in [0.1, 0.15) is 6.42 Å². The minimum atomic E-state index is -0.931. The number of nitro groups is 1. The Morgan fingerprint density at radius 1 is 1.19 bits per heavy atom. The summed E-state index contributed by atoms with van der Waals surface area (Å²) in [7, 11) is 1.23. The van der Waals surface area contributed by atoms with Crippen molar-refractivity contribution in [1.29, 1.82) is 0 Å². The third-order valence-corrected chi connectivity index (χ3v) is 3.70. The number of benzene rings is 2. The van der Waals surface area contributed by atoms with E-state index in [0.29, 0.717) is 17.5 Å². The first-order chi connectivity index (χ1) is 12.4. The van der Waals surface area contributed by atoms with Crippen LogP contribution >= 0.6 is 15.9 Å². The number of carbonyl (C=O) groups excluding carboxylic acids is 1. The Labute approximate surface area is 157 Å². The number of halogens is 2. The van der Waals surface area contributed by atoms with Crippen molar-refractivity contribution in [2.75, 3.05) is 12.4 Å². The standard InChI is InChI=1S/C17H15BrFNO6/c1-24-17(21)16(6-7-18)26-15-9-12(20(22)23)8-14(10-15)25-13-4-2-11(19)3-5-13/h2-5,8-10,16H,6-7H2,1H3. The van der Waals surface area contributed by atoms with Gasteiger partial charge in [-0.05, 0) is 24.3 Å². The highest BCUT2D eigenvalue weighted by atomic mass is 79.9. The molecule has 2 rings (SSSR count). The molecule has 0 bridgehead atoms. The van der Waals surface area contributed by atoms with Gasteiger partial charge in [0.25, 0.3) is 5.69 Å². The van der Waals surface area contributed by atoms with E-state index in [4.69, 9.17) is 9.47 Å². The molecule has 26 heavy (non-hydrogen) atoms. The summed E-state index contributed by atoms with van der Waals surface area (Å²) in [5.74, 6) is -0.549. The number of non-ortho nitro benzene ring substituents is 1. The highest BCUT2D eigenvalue weighted by Gasteiger charge is 2.22. The number of hydrogen-bond donors (Lipinski definition) is 0. The fraction of sp³-hybridized carbons (Fsp3) is 0.235. The number of hydrogen-bond acceptors (Lipinski definition) is 6. The van der Waals surface area contributed by atoms with Gasteiger partial charge in [-0.2, -0.15) is 0 Å². The van der Waals surface area contributed by atoms with Crippen molar-refractivity contribution in [2.24, 2.45) is 0 Å². The van der Waals surface area contributed by atoms with Gasteiger partial charge in [0, 0.05) is 17.8 Å². The first-order valence-corrected chi connectivity index (χ1v) is 8.58. The Balaban J connectivity index is 2.30. The van der Waals surface area contributed by atoms with E-state index in [2.05, 4.69) is 20.7 Å². The van der Waals surface area contributed by atoms with Crippen LogP contribution in [0.15, 0.2) is 42.5 Å². The van der Waals surface area contributed by atoms with Crippen LogP contribution in [0.3, 0.4) is 0 Å². The number of methoxy groups -OCH3 is 1. The molecule has 1 unspecified atom stereocenters. The van der Waals surface area contributed by atoms with Crippen LogP contribution in [0.5, 0.6) is 17.2 Å². The van der Waals surface area contributed by atoms with E-state index in [1.165, 1.54) is 49.6 Å². The van der Waals surface area contributed by atoms with E-state index in [1.807, 2.05) is 0 Å². The van der Waals surface area contributed by atoms with Crippen LogP contribution in [-0.4, -0.2) is 29.4 Å². The molecule has 0 spiro atoms. The van der Waals surface area contributed by atoms with Crippen LogP contribution in [0, 0.1) is 15.9 Å². The van der Waals surface area contributed by atoms with Gasteiger partial charge in [-0.15, -0.1) is 0 Å². The fourth-order valence-corrected chi connectivity index (χ4v) is 2.46. The normalized spacial score (nSPS) is 11.5. The highest BCUT2D eigenvalue weighted by molar-refractivity contribution is 9.09. The monoisotopic (exact) mass is 427 g/mol. The van der Waals surface area contributed by atoms with Gasteiger partial charge in [0.1, 0.15) is 23.1 Å². The summed E-state index contributed by atoms with van der Waals surface area (Å²) in [6, 6.07) is 8.96. The quantitative estimate of drug-likeness (QED) is 0.271. The van der Waals surface area contributed by atoms with Gasteiger partial charge in [0.05, 0.1) is 24.2 Å². The number of alkyl halides is 1. The minimum absolute atomic E-state index is 0.0765. The molecule has 0 saturated carbocycles. The predicted molar refractivity (Wildman–Crippen MR) is 94.4 cm³/mol. The maximum Gasteiger partial charge on any atom is 0.347 e. The van der Waals surface area contributed by atoms with Crippen LogP contribution in [0.2, 0.25) is 0 Å². The van der Waals surface area contributed by atoms with Crippen LogP contribution < -0.4 is 9.47 Å². The molecule has 0 radical (unpaired) electrons. The van der Waals surface area contributed by atoms with Crippen LogP contribution in [-0.2, 0) is 9.53 Å². The number of carbonyl (C=O) groups is 1. The van der Waals surface area contributed by atoms with Gasteiger partial charge in [0.2, 0.25) is 0 Å². The molecule has 0 heterocycles. The summed E-state index contributed by atoms with van der Waals surface area (Å²) in [5, 5.41) is 11.6. The summed E-state index contributed by atoms with van der Waals surface area (Å²) < 4.78 is 28.7. The average molecular weight is 428 g/mol. The van der Waals surface area contributed by atoms with E-state index in [1.54, 1.807) is 0 Å². The third kappa shape index (κ3) is 5.41. The summed E-state index contributed by atoms with van der Waals surface area (Å²) >= 11 is 3.21. The van der Waals surface area contributed by atoms with E-state index < -0.39 is 22.8 Å². The molecule has 1 atom stereocenters. The van der Waals surface area contributed by atoms with Gasteiger partial charge in [0.15, 0.2) is 6.10 Å². The molecule has 0 aliphatic carbocycles. The maximum absolute atomic E-state index is 13.0. The molecule has 2 aromatic carbocycles. The predicted octanol–water partition coefficient (Wildman–Crippen LogP) is 4.23. The summed E-state index contributed by atoms with van der Waals surface area (Å²) in [4.78, 5) is 22.3. The molecule has 0 aromatic heterocycles. The van der Waals surface area contributed by atoms with Crippen molar-refractivity contribution in [2.45, 2.75) is 12.5 Å². The highest BCUT2D eigenvalue weighted by Crippen LogP contribution is 2.31. The average Bonchev–Trinajstić information content (AvgIpc) is 2.62. The molecule has 2 aromatic rings. The van der Waals surface area contributed by atoms with E-state index >= 15 is 0 Å². The number of nitrogens with zero attached hydrogens (tertiary/aromatic N) is 1. The van der Waals surface area contributed by atoms with Crippen molar-refractivity contribution in [3.05, 3.63) is 58.4 Å². The van der Waals surface area contributed by atoms with Crippen LogP contribution in [0.25, 0.3) is 0 Å². The number of rotatable bonds is 8. The van der Waals surface area contributed by atoms with Crippen LogP contribution in [0.4, 0.5) is 10.1 Å². The smallest absolute Gasteiger partial charge is 0.347 e. The van der Waals surface area contributed by atoms with Crippen molar-refractivity contribution >= 4 is 27.6 Å². The van der Waals surface area contributed by atoms with E-state index in [9.17, 15) is 19.3 Å². The summed E-state index contributed by atoms with van der Waals surface area (Å²) in [6.45, 7) is 0. The van der Waals surface area contributed by atoms with Crippen molar-refractivity contribution in [3.8, 4) is 17.2 Å². The lowest BCUT2D eigenvalue weighted by atomic mass is 10.2. The van der Waals surface area contributed by atoms with E-state index in [-0.39, 0.29) is 17.2 Å². The van der Waals surface area contributed by atoms with Crippen molar-refractivity contribution in [1.82, 2.24) is 0 Å². The molecule has 9 heteroatoms. The Hall–Kier alpha value is -2.68. The van der Waals surface area contributed by atoms with Gasteiger partial charge >= 0.3 is 5.97 Å². The molecule has 138 valence electrons. The molecule has 0 N–H and O–H groups in total. The molecular weight excluding hydrogens is 413 g/mol. The van der Waals surface area contributed by atoms with Gasteiger partial charge in [-0.3, -0.25) is 10.1 Å². The maximum atomic E-state index is 13.0. The summed E-state index contributed by atoms with van der Waals surface area (Å²) in [6.07, 6.45) is -0.621. The van der Waals surface area contributed by atoms with Crippen molar-refractivity contribution < 1.29 is 28.3 Å². The van der Waals surface area contributed by atoms with Gasteiger partial charge in [-0.25, -0.2) is 9.18 Å². The lowest BCUT2D eigenvalue weighted by Crippen LogP contribution is -2.29. The number of nitro benzene ring substituents is 1. The SMILES string of the molecule is COC(=O)C(CCBr)Oc1cc(Oc2ccc(F)cc2)cc([N+](=O)[O-])c1. The third-order valence-electron chi connectivity index (χ3n) is 3.24. The largest absolute Gasteiger partial charge is 0.478 e. The van der Waals surface area contributed by atoms with E-state index in [0.717, 1.165) is 0 Å². The van der Waals surface area contributed by atoms with Gasteiger partial charge < -0.3 is 14.2 Å². The molecular formula is C17H15BrFNO6. The lowest BCUT2D eigenvalue weighted by molar-refractivity contribution is -0.385. The molecule has 0 amide bonds. The Bertz CT molecular complexity index is 783. The zero-order chi connectivity index (χ0) is 19.1. The molecule has 0 fully saturated rings. The fourth-order valence-electron chi connectivity index (χ4n) is 2.05. The minimum Gasteiger partial charge on any atom is -0.478 e. The topological polar surface area (TPSA) is 87.9 Å². The van der Waals surface area contributed by atoms with Crippen molar-refractivity contribution in [3.63, 3.8) is 0 Å². The molecule has 0 aliphatic rings. The number of esters is 1.